The van der Waals surface area contributed by atoms with Crippen LogP contribution in [0.1, 0.15) is 37.9 Å². The van der Waals surface area contributed by atoms with Crippen molar-refractivity contribution in [2.24, 2.45) is 0 Å². The van der Waals surface area contributed by atoms with E-state index in [1.807, 2.05) is 4.90 Å². The molecule has 0 spiro atoms. The molecule has 0 aromatic carbocycles. The van der Waals surface area contributed by atoms with Crippen LogP contribution in [0, 0.1) is 0 Å². The van der Waals surface area contributed by atoms with Crippen LogP contribution < -0.4 is 0 Å². The lowest BCUT2D eigenvalue weighted by Crippen LogP contribution is -2.29. The van der Waals surface area contributed by atoms with E-state index in [1.165, 1.54) is 7.11 Å². The van der Waals surface area contributed by atoms with E-state index in [-0.39, 0.29) is 5.97 Å². The number of carbonyl (C=O) groups is 1. The third-order valence-electron chi connectivity index (χ3n) is 3.09. The van der Waals surface area contributed by atoms with Crippen molar-refractivity contribution >= 4 is 5.97 Å². The summed E-state index contributed by atoms with van der Waals surface area (Å²) in [6, 6.07) is 0. The molecule has 0 amide bonds. The van der Waals surface area contributed by atoms with E-state index >= 15 is 0 Å². The van der Waals surface area contributed by atoms with Gasteiger partial charge >= 0.3 is 5.97 Å². The van der Waals surface area contributed by atoms with Crippen LogP contribution in [0.15, 0.2) is 4.52 Å². The predicted octanol–water partition coefficient (Wildman–Crippen LogP) is 1.42. The van der Waals surface area contributed by atoms with Gasteiger partial charge in [-0.1, -0.05) is 18.5 Å². The van der Waals surface area contributed by atoms with Crippen molar-refractivity contribution in [2.75, 3.05) is 33.9 Å². The second-order valence-electron chi connectivity index (χ2n) is 4.80. The molecule has 0 N–H and O–H groups in total. The molecule has 1 heterocycles. The van der Waals surface area contributed by atoms with Crippen LogP contribution in [0.3, 0.4) is 0 Å². The number of unbranched alkanes of at least 4 members (excludes halogenated alkanes) is 1. The molecule has 0 bridgehead atoms. The zero-order chi connectivity index (χ0) is 15.5. The third kappa shape index (κ3) is 7.19. The standard InChI is InChI=1S/C14H25N3O4/c1-4-5-6-12-15-13(21-16-12)11-17(9-10-19-2)8-7-14(18)20-3/h4-11H2,1-3H3. The number of aryl methyl sites for hydroxylation is 1. The molecule has 7 nitrogen and oxygen atoms in total. The van der Waals surface area contributed by atoms with Gasteiger partial charge in [0.05, 0.1) is 26.7 Å². The average Bonchev–Trinajstić information content (AvgIpc) is 2.94. The summed E-state index contributed by atoms with van der Waals surface area (Å²) in [4.78, 5) is 17.6. The van der Waals surface area contributed by atoms with Gasteiger partial charge in [-0.25, -0.2) is 0 Å². The Morgan fingerprint density at radius 2 is 2.14 bits per heavy atom. The summed E-state index contributed by atoms with van der Waals surface area (Å²) < 4.78 is 15.0. The molecule has 0 saturated heterocycles. The first-order chi connectivity index (χ1) is 10.2. The Morgan fingerprint density at radius 1 is 1.33 bits per heavy atom. The molecule has 0 unspecified atom stereocenters. The van der Waals surface area contributed by atoms with Crippen LogP contribution in [0.4, 0.5) is 0 Å². The number of hydrogen-bond donors (Lipinski definition) is 0. The molecule has 1 aromatic heterocycles. The van der Waals surface area contributed by atoms with Crippen molar-refractivity contribution in [3.8, 4) is 0 Å². The van der Waals surface area contributed by atoms with Crippen LogP contribution in [0.2, 0.25) is 0 Å². The molecule has 0 aliphatic heterocycles. The second-order valence-corrected chi connectivity index (χ2v) is 4.80. The summed E-state index contributed by atoms with van der Waals surface area (Å²) in [5.74, 6) is 1.08. The zero-order valence-electron chi connectivity index (χ0n) is 13.1. The molecule has 1 aromatic rings. The van der Waals surface area contributed by atoms with E-state index in [0.717, 1.165) is 25.1 Å². The minimum absolute atomic E-state index is 0.230. The van der Waals surface area contributed by atoms with Crippen LogP contribution in [0.25, 0.3) is 0 Å². The fourth-order valence-corrected chi connectivity index (χ4v) is 1.82. The second kappa shape index (κ2) is 10.3. The largest absolute Gasteiger partial charge is 0.469 e. The molecule has 0 aliphatic rings. The van der Waals surface area contributed by atoms with Gasteiger partial charge in [0.2, 0.25) is 5.89 Å². The van der Waals surface area contributed by atoms with E-state index in [4.69, 9.17) is 9.26 Å². The van der Waals surface area contributed by atoms with Gasteiger partial charge in [0.15, 0.2) is 5.82 Å². The summed E-state index contributed by atoms with van der Waals surface area (Å²) in [6.45, 7) is 4.49. The number of ether oxygens (including phenoxy) is 2. The van der Waals surface area contributed by atoms with Crippen LogP contribution in [0.5, 0.6) is 0 Å². The Hall–Kier alpha value is -1.47. The normalized spacial score (nSPS) is 11.0. The lowest BCUT2D eigenvalue weighted by atomic mass is 10.2. The van der Waals surface area contributed by atoms with Gasteiger partial charge in [-0.15, -0.1) is 0 Å². The Morgan fingerprint density at radius 3 is 2.81 bits per heavy atom. The summed E-state index contributed by atoms with van der Waals surface area (Å²) in [5, 5.41) is 3.96. The van der Waals surface area contributed by atoms with E-state index in [9.17, 15) is 4.79 Å². The number of nitrogens with zero attached hydrogens (tertiary/aromatic N) is 3. The fraction of sp³-hybridized carbons (Fsp3) is 0.786. The van der Waals surface area contributed by atoms with Crippen molar-refractivity contribution in [1.29, 1.82) is 0 Å². The molecule has 0 atom stereocenters. The maximum atomic E-state index is 11.2. The van der Waals surface area contributed by atoms with Crippen molar-refractivity contribution in [2.45, 2.75) is 39.2 Å². The number of hydrogen-bond acceptors (Lipinski definition) is 7. The summed E-state index contributed by atoms with van der Waals surface area (Å²) in [5.41, 5.74) is 0. The summed E-state index contributed by atoms with van der Waals surface area (Å²) >= 11 is 0. The number of rotatable bonds is 11. The Labute approximate surface area is 125 Å². The quantitative estimate of drug-likeness (QED) is 0.572. The van der Waals surface area contributed by atoms with Gasteiger partial charge in [0.25, 0.3) is 0 Å². The first-order valence-corrected chi connectivity index (χ1v) is 7.29. The number of methoxy groups -OCH3 is 2. The van der Waals surface area contributed by atoms with E-state index in [1.54, 1.807) is 7.11 Å². The van der Waals surface area contributed by atoms with Gasteiger partial charge in [-0.2, -0.15) is 4.98 Å². The van der Waals surface area contributed by atoms with Crippen LogP contribution in [-0.2, 0) is 27.2 Å². The molecule has 0 aliphatic carbocycles. The first kappa shape index (κ1) is 17.6. The molecule has 7 heteroatoms. The molecule has 120 valence electrons. The highest BCUT2D eigenvalue weighted by Gasteiger charge is 2.13. The summed E-state index contributed by atoms with van der Waals surface area (Å²) in [7, 11) is 3.04. The average molecular weight is 299 g/mol. The smallest absolute Gasteiger partial charge is 0.306 e. The molecule has 0 saturated carbocycles. The zero-order valence-corrected chi connectivity index (χ0v) is 13.1. The summed E-state index contributed by atoms with van der Waals surface area (Å²) in [6.07, 6.45) is 3.31. The van der Waals surface area contributed by atoms with Gasteiger partial charge in [-0.3, -0.25) is 9.69 Å². The Bertz CT molecular complexity index is 409. The minimum atomic E-state index is -0.230. The topological polar surface area (TPSA) is 77.7 Å². The van der Waals surface area contributed by atoms with Crippen molar-refractivity contribution in [3.63, 3.8) is 0 Å². The number of aromatic nitrogens is 2. The first-order valence-electron chi connectivity index (χ1n) is 7.29. The van der Waals surface area contributed by atoms with Gasteiger partial charge < -0.3 is 14.0 Å². The lowest BCUT2D eigenvalue weighted by Gasteiger charge is -2.19. The Balaban J connectivity index is 2.49. The molecule has 21 heavy (non-hydrogen) atoms. The number of carbonyl (C=O) groups excluding carboxylic acids is 1. The minimum Gasteiger partial charge on any atom is -0.469 e. The molecular formula is C14H25N3O4. The molecular weight excluding hydrogens is 274 g/mol. The van der Waals surface area contributed by atoms with Crippen molar-refractivity contribution < 1.29 is 18.8 Å². The highest BCUT2D eigenvalue weighted by molar-refractivity contribution is 5.69. The van der Waals surface area contributed by atoms with Crippen LogP contribution >= 0.6 is 0 Å². The van der Waals surface area contributed by atoms with E-state index in [2.05, 4.69) is 21.8 Å². The molecule has 0 radical (unpaired) electrons. The van der Waals surface area contributed by atoms with Gasteiger partial charge in [0, 0.05) is 26.6 Å². The van der Waals surface area contributed by atoms with E-state index < -0.39 is 0 Å². The maximum absolute atomic E-state index is 11.2. The Kier molecular flexibility index (Phi) is 8.61. The monoisotopic (exact) mass is 299 g/mol. The molecule has 1 rings (SSSR count). The van der Waals surface area contributed by atoms with Gasteiger partial charge in [0.1, 0.15) is 0 Å². The van der Waals surface area contributed by atoms with Crippen molar-refractivity contribution in [1.82, 2.24) is 15.0 Å². The highest BCUT2D eigenvalue weighted by Crippen LogP contribution is 2.06. The van der Waals surface area contributed by atoms with E-state index in [0.29, 0.717) is 38.6 Å². The highest BCUT2D eigenvalue weighted by atomic mass is 16.5. The SMILES string of the molecule is CCCCc1noc(CN(CCOC)CCC(=O)OC)n1. The third-order valence-corrected chi connectivity index (χ3v) is 3.09. The van der Waals surface area contributed by atoms with Crippen LogP contribution in [-0.4, -0.2) is 54.9 Å². The number of esters is 1. The van der Waals surface area contributed by atoms with Gasteiger partial charge in [-0.05, 0) is 6.42 Å². The lowest BCUT2D eigenvalue weighted by molar-refractivity contribution is -0.141. The predicted molar refractivity (Wildman–Crippen MR) is 76.7 cm³/mol. The van der Waals surface area contributed by atoms with Crippen molar-refractivity contribution in [3.05, 3.63) is 11.7 Å². The maximum Gasteiger partial charge on any atom is 0.306 e. The fourth-order valence-electron chi connectivity index (χ4n) is 1.82. The molecule has 0 fully saturated rings.